The van der Waals surface area contributed by atoms with E-state index in [1.807, 2.05) is 13.0 Å². The molecule has 1 atom stereocenters. The average Bonchev–Trinajstić information content (AvgIpc) is 2.33. The lowest BCUT2D eigenvalue weighted by Crippen LogP contribution is -2.07. The second kappa shape index (κ2) is 5.00. The van der Waals surface area contributed by atoms with Crippen molar-refractivity contribution in [2.24, 2.45) is 0 Å². The van der Waals surface area contributed by atoms with Crippen LogP contribution in [0.3, 0.4) is 0 Å². The molecule has 2 aromatic rings. The molecule has 88 valence electrons. The summed E-state index contributed by atoms with van der Waals surface area (Å²) in [7, 11) is 0. The number of para-hydroxylation sites is 1. The van der Waals surface area contributed by atoms with Crippen LogP contribution in [0.4, 0.5) is 10.1 Å². The minimum absolute atomic E-state index is 0.0903. The molecule has 1 unspecified atom stereocenters. The van der Waals surface area contributed by atoms with Crippen molar-refractivity contribution in [3.63, 3.8) is 0 Å². The van der Waals surface area contributed by atoms with E-state index in [0.29, 0.717) is 5.69 Å². The maximum atomic E-state index is 13.5. The fourth-order valence-corrected chi connectivity index (χ4v) is 1.75. The highest BCUT2D eigenvalue weighted by Gasteiger charge is 2.07. The molecule has 2 rings (SSSR count). The standard InChI is InChI=1S/C15H16FN/c1-11-7-9-13(10-8-11)12(2)17-15-6-4-3-5-14(15)16/h3-10,12,17H,1-2H3. The third-order valence-electron chi connectivity index (χ3n) is 2.82. The third-order valence-corrected chi connectivity index (χ3v) is 2.82. The number of rotatable bonds is 3. The summed E-state index contributed by atoms with van der Waals surface area (Å²) in [5.41, 5.74) is 2.92. The lowest BCUT2D eigenvalue weighted by atomic mass is 10.1. The van der Waals surface area contributed by atoms with Gasteiger partial charge < -0.3 is 5.32 Å². The van der Waals surface area contributed by atoms with Crippen LogP contribution in [-0.2, 0) is 0 Å². The Bertz CT molecular complexity index is 491. The lowest BCUT2D eigenvalue weighted by Gasteiger charge is -2.16. The van der Waals surface area contributed by atoms with Gasteiger partial charge in [-0.25, -0.2) is 4.39 Å². The minimum atomic E-state index is -0.216. The summed E-state index contributed by atoms with van der Waals surface area (Å²) in [5.74, 6) is -0.216. The van der Waals surface area contributed by atoms with Crippen LogP contribution in [0.1, 0.15) is 24.1 Å². The normalized spacial score (nSPS) is 12.2. The SMILES string of the molecule is Cc1ccc(C(C)Nc2ccccc2F)cc1. The second-order valence-electron chi connectivity index (χ2n) is 4.26. The van der Waals surface area contributed by atoms with E-state index in [2.05, 4.69) is 36.5 Å². The summed E-state index contributed by atoms with van der Waals surface area (Å²) >= 11 is 0. The molecule has 0 aliphatic carbocycles. The summed E-state index contributed by atoms with van der Waals surface area (Å²) < 4.78 is 13.5. The second-order valence-corrected chi connectivity index (χ2v) is 4.26. The molecule has 0 aliphatic heterocycles. The number of anilines is 1. The zero-order chi connectivity index (χ0) is 12.3. The molecule has 0 radical (unpaired) electrons. The largest absolute Gasteiger partial charge is 0.376 e. The van der Waals surface area contributed by atoms with Gasteiger partial charge in [0.25, 0.3) is 0 Å². The molecule has 0 saturated heterocycles. The Balaban J connectivity index is 2.14. The molecular formula is C15H16FN. The highest BCUT2D eigenvalue weighted by Crippen LogP contribution is 2.21. The summed E-state index contributed by atoms with van der Waals surface area (Å²) in [4.78, 5) is 0. The first kappa shape index (κ1) is 11.6. The molecule has 0 heterocycles. The minimum Gasteiger partial charge on any atom is -0.376 e. The van der Waals surface area contributed by atoms with Gasteiger partial charge in [0.2, 0.25) is 0 Å². The van der Waals surface area contributed by atoms with Crippen molar-refractivity contribution >= 4 is 5.69 Å². The van der Waals surface area contributed by atoms with E-state index in [0.717, 1.165) is 5.56 Å². The van der Waals surface area contributed by atoms with Gasteiger partial charge in [0, 0.05) is 6.04 Å². The van der Waals surface area contributed by atoms with Crippen LogP contribution in [-0.4, -0.2) is 0 Å². The number of halogens is 1. The van der Waals surface area contributed by atoms with E-state index in [1.54, 1.807) is 12.1 Å². The zero-order valence-electron chi connectivity index (χ0n) is 10.1. The van der Waals surface area contributed by atoms with Crippen molar-refractivity contribution in [2.75, 3.05) is 5.32 Å². The number of benzene rings is 2. The van der Waals surface area contributed by atoms with E-state index in [1.165, 1.54) is 11.6 Å². The van der Waals surface area contributed by atoms with Gasteiger partial charge >= 0.3 is 0 Å². The fraction of sp³-hybridized carbons (Fsp3) is 0.200. The molecule has 0 aliphatic rings. The van der Waals surface area contributed by atoms with Gasteiger partial charge in [-0.15, -0.1) is 0 Å². The quantitative estimate of drug-likeness (QED) is 0.827. The molecule has 0 spiro atoms. The fourth-order valence-electron chi connectivity index (χ4n) is 1.75. The van der Waals surface area contributed by atoms with Gasteiger partial charge in [0.1, 0.15) is 5.82 Å². The first-order chi connectivity index (χ1) is 8.16. The van der Waals surface area contributed by atoms with Crippen LogP contribution < -0.4 is 5.32 Å². The predicted octanol–water partition coefficient (Wildman–Crippen LogP) is 4.31. The first-order valence-corrected chi connectivity index (χ1v) is 5.74. The Kier molecular flexibility index (Phi) is 3.43. The number of hydrogen-bond acceptors (Lipinski definition) is 1. The molecule has 17 heavy (non-hydrogen) atoms. The molecule has 2 heteroatoms. The van der Waals surface area contributed by atoms with E-state index in [4.69, 9.17) is 0 Å². The van der Waals surface area contributed by atoms with Crippen LogP contribution in [0.2, 0.25) is 0 Å². The average molecular weight is 229 g/mol. The first-order valence-electron chi connectivity index (χ1n) is 5.74. The molecular weight excluding hydrogens is 213 g/mol. The summed E-state index contributed by atoms with van der Waals surface area (Å²) in [6.07, 6.45) is 0. The van der Waals surface area contributed by atoms with Crippen LogP contribution in [0.15, 0.2) is 48.5 Å². The Morgan fingerprint density at radius 3 is 2.29 bits per heavy atom. The van der Waals surface area contributed by atoms with E-state index in [9.17, 15) is 4.39 Å². The maximum absolute atomic E-state index is 13.5. The van der Waals surface area contributed by atoms with Crippen molar-refractivity contribution < 1.29 is 4.39 Å². The molecule has 2 aromatic carbocycles. The van der Waals surface area contributed by atoms with E-state index < -0.39 is 0 Å². The van der Waals surface area contributed by atoms with Crippen molar-refractivity contribution in [3.8, 4) is 0 Å². The molecule has 1 nitrogen and oxygen atoms in total. The van der Waals surface area contributed by atoms with E-state index in [-0.39, 0.29) is 11.9 Å². The molecule has 0 fully saturated rings. The summed E-state index contributed by atoms with van der Waals surface area (Å²) in [6.45, 7) is 4.08. The van der Waals surface area contributed by atoms with Gasteiger partial charge in [0.15, 0.2) is 0 Å². The molecule has 0 saturated carbocycles. The summed E-state index contributed by atoms with van der Waals surface area (Å²) in [5, 5.41) is 3.17. The van der Waals surface area contributed by atoms with Crippen LogP contribution in [0.5, 0.6) is 0 Å². The Labute approximate surface area is 101 Å². The molecule has 0 amide bonds. The smallest absolute Gasteiger partial charge is 0.146 e. The number of aryl methyl sites for hydroxylation is 1. The lowest BCUT2D eigenvalue weighted by molar-refractivity contribution is 0.627. The van der Waals surface area contributed by atoms with Crippen molar-refractivity contribution in [1.29, 1.82) is 0 Å². The Hall–Kier alpha value is -1.83. The van der Waals surface area contributed by atoms with E-state index >= 15 is 0 Å². The van der Waals surface area contributed by atoms with Crippen LogP contribution in [0, 0.1) is 12.7 Å². The molecule has 1 N–H and O–H groups in total. The zero-order valence-corrected chi connectivity index (χ0v) is 10.1. The molecule has 0 bridgehead atoms. The number of nitrogens with one attached hydrogen (secondary N) is 1. The van der Waals surface area contributed by atoms with Crippen LogP contribution in [0.25, 0.3) is 0 Å². The van der Waals surface area contributed by atoms with Gasteiger partial charge in [-0.1, -0.05) is 42.0 Å². The predicted molar refractivity (Wildman–Crippen MR) is 69.6 cm³/mol. The third kappa shape index (κ3) is 2.84. The highest BCUT2D eigenvalue weighted by atomic mass is 19.1. The topological polar surface area (TPSA) is 12.0 Å². The van der Waals surface area contributed by atoms with Crippen LogP contribution >= 0.6 is 0 Å². The number of hydrogen-bond donors (Lipinski definition) is 1. The van der Waals surface area contributed by atoms with Gasteiger partial charge in [-0.05, 0) is 31.5 Å². The molecule has 0 aromatic heterocycles. The monoisotopic (exact) mass is 229 g/mol. The van der Waals surface area contributed by atoms with Gasteiger partial charge in [0.05, 0.1) is 5.69 Å². The Morgan fingerprint density at radius 2 is 1.65 bits per heavy atom. The maximum Gasteiger partial charge on any atom is 0.146 e. The summed E-state index contributed by atoms with van der Waals surface area (Å²) in [6, 6.07) is 15.1. The van der Waals surface area contributed by atoms with Gasteiger partial charge in [-0.2, -0.15) is 0 Å². The van der Waals surface area contributed by atoms with Crippen molar-refractivity contribution in [1.82, 2.24) is 0 Å². The highest BCUT2D eigenvalue weighted by molar-refractivity contribution is 5.46. The Morgan fingerprint density at radius 1 is 1.00 bits per heavy atom. The van der Waals surface area contributed by atoms with Crippen molar-refractivity contribution in [2.45, 2.75) is 19.9 Å². The van der Waals surface area contributed by atoms with Gasteiger partial charge in [-0.3, -0.25) is 0 Å². The van der Waals surface area contributed by atoms with Crippen molar-refractivity contribution in [3.05, 3.63) is 65.5 Å².